The second-order valence-electron chi connectivity index (χ2n) is 6.56. The van der Waals surface area contributed by atoms with Crippen molar-refractivity contribution in [3.05, 3.63) is 40.6 Å². The summed E-state index contributed by atoms with van der Waals surface area (Å²) in [5.74, 6) is 0. The lowest BCUT2D eigenvalue weighted by atomic mass is 9.78. The maximum atomic E-state index is 11.5. The normalized spacial score (nSPS) is 18.2. The topological polar surface area (TPSA) is 88.3 Å². The van der Waals surface area contributed by atoms with E-state index in [-0.39, 0.29) is 11.7 Å². The van der Waals surface area contributed by atoms with Crippen molar-refractivity contribution in [3.63, 3.8) is 0 Å². The largest absolute Gasteiger partial charge is 0.388 e. The van der Waals surface area contributed by atoms with Crippen LogP contribution in [-0.4, -0.2) is 26.7 Å². The Labute approximate surface area is 141 Å². The Balaban J connectivity index is 2.03. The standard InChI is InChI=1S/C18H23N3O3/c1-2-16(18(22)10-6-3-7-11-18)20-17-13-8-4-5-9-14(13)19-12-15(17)21(23)24/h4-5,8-9,12,16,22H,2-3,6-7,10-11H2,1H3,(H,19,20). The van der Waals surface area contributed by atoms with Crippen molar-refractivity contribution < 1.29 is 10.0 Å². The van der Waals surface area contributed by atoms with Crippen LogP contribution in [0.15, 0.2) is 30.5 Å². The summed E-state index contributed by atoms with van der Waals surface area (Å²) in [6.45, 7) is 2.00. The summed E-state index contributed by atoms with van der Waals surface area (Å²) >= 11 is 0. The van der Waals surface area contributed by atoms with Crippen LogP contribution in [0, 0.1) is 10.1 Å². The highest BCUT2D eigenvalue weighted by molar-refractivity contribution is 5.95. The van der Waals surface area contributed by atoms with E-state index in [0.717, 1.165) is 32.1 Å². The maximum Gasteiger partial charge on any atom is 0.311 e. The molecule has 0 bridgehead atoms. The van der Waals surface area contributed by atoms with Gasteiger partial charge in [-0.15, -0.1) is 0 Å². The second-order valence-corrected chi connectivity index (χ2v) is 6.56. The number of benzene rings is 1. The molecule has 1 saturated carbocycles. The molecule has 0 spiro atoms. The molecule has 0 radical (unpaired) electrons. The van der Waals surface area contributed by atoms with Crippen molar-refractivity contribution in [2.45, 2.75) is 57.1 Å². The average Bonchev–Trinajstić information content (AvgIpc) is 2.59. The molecule has 1 aromatic heterocycles. The first-order valence-electron chi connectivity index (χ1n) is 8.56. The van der Waals surface area contributed by atoms with E-state index in [4.69, 9.17) is 0 Å². The second kappa shape index (κ2) is 6.73. The van der Waals surface area contributed by atoms with Crippen LogP contribution in [0.4, 0.5) is 11.4 Å². The van der Waals surface area contributed by atoms with Gasteiger partial charge >= 0.3 is 5.69 Å². The molecule has 1 aliphatic rings. The number of fused-ring (bicyclic) bond motifs is 1. The first-order valence-corrected chi connectivity index (χ1v) is 8.56. The Morgan fingerprint density at radius 1 is 1.33 bits per heavy atom. The number of nitrogens with one attached hydrogen (secondary N) is 1. The predicted octanol–water partition coefficient (Wildman–Crippen LogP) is 4.03. The molecular weight excluding hydrogens is 306 g/mol. The fourth-order valence-electron chi connectivity index (χ4n) is 3.72. The molecule has 24 heavy (non-hydrogen) atoms. The fraction of sp³-hybridized carbons (Fsp3) is 0.500. The number of rotatable bonds is 5. The lowest BCUT2D eigenvalue weighted by Gasteiger charge is -2.39. The number of nitrogens with zero attached hydrogens (tertiary/aromatic N) is 2. The zero-order valence-corrected chi connectivity index (χ0v) is 13.9. The van der Waals surface area contributed by atoms with E-state index in [1.54, 1.807) is 0 Å². The molecule has 3 rings (SSSR count). The minimum Gasteiger partial charge on any atom is -0.388 e. The van der Waals surface area contributed by atoms with Crippen LogP contribution in [0.2, 0.25) is 0 Å². The van der Waals surface area contributed by atoms with Gasteiger partial charge in [-0.25, -0.2) is 4.98 Å². The number of hydrogen-bond donors (Lipinski definition) is 2. The third-order valence-corrected chi connectivity index (χ3v) is 5.05. The summed E-state index contributed by atoms with van der Waals surface area (Å²) in [5.41, 5.74) is 0.296. The third kappa shape index (κ3) is 3.06. The molecule has 0 amide bonds. The van der Waals surface area contributed by atoms with E-state index in [1.165, 1.54) is 6.20 Å². The molecule has 2 aromatic rings. The zero-order valence-electron chi connectivity index (χ0n) is 13.9. The Hall–Kier alpha value is -2.21. The van der Waals surface area contributed by atoms with Gasteiger partial charge in [0.1, 0.15) is 11.9 Å². The number of anilines is 1. The zero-order chi connectivity index (χ0) is 17.2. The Morgan fingerprint density at radius 2 is 2.04 bits per heavy atom. The molecule has 2 N–H and O–H groups in total. The van der Waals surface area contributed by atoms with Crippen LogP contribution in [0.25, 0.3) is 10.9 Å². The lowest BCUT2D eigenvalue weighted by Crippen LogP contribution is -2.48. The maximum absolute atomic E-state index is 11.5. The van der Waals surface area contributed by atoms with Crippen LogP contribution in [0.3, 0.4) is 0 Å². The molecule has 1 aliphatic carbocycles. The first kappa shape index (κ1) is 16.6. The smallest absolute Gasteiger partial charge is 0.311 e. The van der Waals surface area contributed by atoms with Crippen molar-refractivity contribution >= 4 is 22.3 Å². The molecule has 1 heterocycles. The van der Waals surface area contributed by atoms with Crippen LogP contribution in [0.1, 0.15) is 45.4 Å². The average molecular weight is 329 g/mol. The molecule has 6 nitrogen and oxygen atoms in total. The number of nitro groups is 1. The van der Waals surface area contributed by atoms with Gasteiger partial charge in [-0.2, -0.15) is 0 Å². The first-order chi connectivity index (χ1) is 11.5. The summed E-state index contributed by atoms with van der Waals surface area (Å²) < 4.78 is 0. The molecule has 1 fully saturated rings. The molecule has 1 unspecified atom stereocenters. The van der Waals surface area contributed by atoms with Gasteiger partial charge in [0.25, 0.3) is 0 Å². The SMILES string of the molecule is CCC(Nc1c([N+](=O)[O-])cnc2ccccc12)C1(O)CCCCC1. The Kier molecular flexibility index (Phi) is 4.66. The van der Waals surface area contributed by atoms with Gasteiger partial charge in [0.15, 0.2) is 0 Å². The van der Waals surface area contributed by atoms with E-state index in [1.807, 2.05) is 31.2 Å². The van der Waals surface area contributed by atoms with E-state index in [2.05, 4.69) is 10.3 Å². The van der Waals surface area contributed by atoms with Crippen molar-refractivity contribution in [3.8, 4) is 0 Å². The number of pyridine rings is 1. The summed E-state index contributed by atoms with van der Waals surface area (Å²) in [5, 5.41) is 26.5. The summed E-state index contributed by atoms with van der Waals surface area (Å²) in [7, 11) is 0. The van der Waals surface area contributed by atoms with Gasteiger partial charge in [0.05, 0.1) is 22.1 Å². The van der Waals surface area contributed by atoms with Crippen molar-refractivity contribution in [2.24, 2.45) is 0 Å². The molecule has 6 heteroatoms. The van der Waals surface area contributed by atoms with E-state index >= 15 is 0 Å². The highest BCUT2D eigenvalue weighted by Gasteiger charge is 2.38. The van der Waals surface area contributed by atoms with Gasteiger partial charge in [-0.05, 0) is 25.3 Å². The molecule has 0 saturated heterocycles. The van der Waals surface area contributed by atoms with Crippen molar-refractivity contribution in [1.29, 1.82) is 0 Å². The summed E-state index contributed by atoms with van der Waals surface area (Å²) in [6, 6.07) is 7.14. The lowest BCUT2D eigenvalue weighted by molar-refractivity contribution is -0.384. The van der Waals surface area contributed by atoms with Crippen molar-refractivity contribution in [1.82, 2.24) is 4.98 Å². The molecule has 1 aromatic carbocycles. The fourth-order valence-corrected chi connectivity index (χ4v) is 3.72. The number of aromatic nitrogens is 1. The minimum absolute atomic E-state index is 0.0495. The van der Waals surface area contributed by atoms with Crippen LogP contribution in [0.5, 0.6) is 0 Å². The number of aliphatic hydroxyl groups is 1. The summed E-state index contributed by atoms with van der Waals surface area (Å²) in [4.78, 5) is 15.2. The van der Waals surface area contributed by atoms with E-state index in [0.29, 0.717) is 23.0 Å². The van der Waals surface area contributed by atoms with Gasteiger partial charge in [-0.3, -0.25) is 10.1 Å². The van der Waals surface area contributed by atoms with Gasteiger partial charge in [0, 0.05) is 5.39 Å². The molecule has 128 valence electrons. The quantitative estimate of drug-likeness (QED) is 0.638. The Morgan fingerprint density at radius 3 is 2.71 bits per heavy atom. The Bertz CT molecular complexity index is 741. The predicted molar refractivity (Wildman–Crippen MR) is 94.1 cm³/mol. The summed E-state index contributed by atoms with van der Waals surface area (Å²) in [6.07, 6.45) is 6.58. The van der Waals surface area contributed by atoms with Gasteiger partial charge in [0.2, 0.25) is 0 Å². The highest BCUT2D eigenvalue weighted by atomic mass is 16.6. The third-order valence-electron chi connectivity index (χ3n) is 5.05. The van der Waals surface area contributed by atoms with Crippen molar-refractivity contribution in [2.75, 3.05) is 5.32 Å². The molecule has 1 atom stereocenters. The van der Waals surface area contributed by atoms with Crippen LogP contribution >= 0.6 is 0 Å². The van der Waals surface area contributed by atoms with Crippen LogP contribution < -0.4 is 5.32 Å². The number of para-hydroxylation sites is 1. The van der Waals surface area contributed by atoms with E-state index in [9.17, 15) is 15.2 Å². The highest BCUT2D eigenvalue weighted by Crippen LogP contribution is 2.37. The van der Waals surface area contributed by atoms with E-state index < -0.39 is 10.5 Å². The monoisotopic (exact) mass is 329 g/mol. The minimum atomic E-state index is -0.814. The molecule has 0 aliphatic heterocycles. The van der Waals surface area contributed by atoms with Gasteiger partial charge < -0.3 is 10.4 Å². The van der Waals surface area contributed by atoms with Crippen LogP contribution in [-0.2, 0) is 0 Å². The molecular formula is C18H23N3O3. The number of hydrogen-bond acceptors (Lipinski definition) is 5. The van der Waals surface area contributed by atoms with Gasteiger partial charge in [-0.1, -0.05) is 44.4 Å².